The Bertz CT molecular complexity index is 2370. The molecule has 0 spiro atoms. The minimum atomic E-state index is -0.952. The van der Waals surface area contributed by atoms with Crippen molar-refractivity contribution in [2.75, 3.05) is 0 Å². The Morgan fingerprint density at radius 2 is 1.27 bits per heavy atom. The van der Waals surface area contributed by atoms with E-state index in [0.29, 0.717) is 0 Å². The Hall–Kier alpha value is -4.63. The monoisotopic (exact) mass is 634 g/mol. The molecule has 48 heavy (non-hydrogen) atoms. The topological polar surface area (TPSA) is 31.0 Å². The van der Waals surface area contributed by atoms with Crippen molar-refractivity contribution in [1.29, 1.82) is 0 Å². The maximum atomic E-state index is 9.43. The smallest absolute Gasteiger partial charge is 0.149 e. The Morgan fingerprint density at radius 1 is 0.646 bits per heavy atom. The molecule has 0 radical (unpaired) electrons. The number of aromatic nitrogens is 2. The molecular weight excluding hydrogens is 585 g/mol. The van der Waals surface area contributed by atoms with Crippen LogP contribution in [-0.2, 0) is 10.8 Å². The molecule has 0 saturated carbocycles. The van der Waals surface area contributed by atoms with Gasteiger partial charge < -0.3 is 4.42 Å². The van der Waals surface area contributed by atoms with Crippen LogP contribution in [0.5, 0.6) is 0 Å². The van der Waals surface area contributed by atoms with E-state index in [1.807, 2.05) is 45.9 Å². The lowest BCUT2D eigenvalue weighted by Gasteiger charge is -2.28. The van der Waals surface area contributed by atoms with E-state index in [-0.39, 0.29) is 10.8 Å². The van der Waals surface area contributed by atoms with Gasteiger partial charge in [0.05, 0.1) is 22.3 Å². The number of hydrogen-bond acceptors (Lipinski definition) is 2. The molecule has 0 saturated heterocycles. The second kappa shape index (κ2) is 11.5. The molecule has 2 heterocycles. The summed E-state index contributed by atoms with van der Waals surface area (Å²) in [5.74, 6) is -1.17. The van der Waals surface area contributed by atoms with Crippen LogP contribution in [0.4, 0.5) is 0 Å². The zero-order valence-corrected chi connectivity index (χ0v) is 30.0. The Labute approximate surface area is 288 Å². The van der Waals surface area contributed by atoms with E-state index in [1.54, 1.807) is 0 Å². The highest BCUT2D eigenvalue weighted by Gasteiger charge is 2.27. The van der Waals surface area contributed by atoms with Crippen molar-refractivity contribution in [1.82, 2.24) is 9.55 Å². The molecule has 0 unspecified atom stereocenters. The van der Waals surface area contributed by atoms with Gasteiger partial charge in [-0.3, -0.25) is 4.57 Å². The number of imidazole rings is 1. The summed E-state index contributed by atoms with van der Waals surface area (Å²) in [5, 5.41) is 2.07. The molecule has 0 amide bonds. The quantitative estimate of drug-likeness (QED) is 0.189. The highest BCUT2D eigenvalue weighted by atomic mass is 16.3. The van der Waals surface area contributed by atoms with Crippen molar-refractivity contribution >= 4 is 33.0 Å². The van der Waals surface area contributed by atoms with E-state index in [4.69, 9.17) is 9.40 Å². The molecule has 7 rings (SSSR count). The Kier molecular flexibility index (Phi) is 7.08. The van der Waals surface area contributed by atoms with Crippen LogP contribution < -0.4 is 0 Å². The maximum absolute atomic E-state index is 9.43. The second-order valence-electron chi connectivity index (χ2n) is 15.8. The number of rotatable bonds is 5. The summed E-state index contributed by atoms with van der Waals surface area (Å²) in [6.07, 6.45) is 0. The predicted octanol–water partition coefficient (Wildman–Crippen LogP) is 13.1. The first-order valence-electron chi connectivity index (χ1n) is 18.1. The van der Waals surface area contributed by atoms with E-state index < -0.39 is 11.8 Å². The summed E-state index contributed by atoms with van der Waals surface area (Å²) in [7, 11) is 0. The molecular formula is C45H48N2O. The molecule has 0 aliphatic carbocycles. The first kappa shape index (κ1) is 29.5. The minimum Gasteiger partial charge on any atom is -0.455 e. The lowest BCUT2D eigenvalue weighted by Crippen LogP contribution is -2.16. The fourth-order valence-corrected chi connectivity index (χ4v) is 6.82. The minimum absolute atomic E-state index is 0.0944. The molecule has 0 bridgehead atoms. The van der Waals surface area contributed by atoms with Crippen LogP contribution in [0.15, 0.2) is 101 Å². The van der Waals surface area contributed by atoms with Gasteiger partial charge in [-0.05, 0) is 86.3 Å². The largest absolute Gasteiger partial charge is 0.455 e. The van der Waals surface area contributed by atoms with Crippen LogP contribution in [0.1, 0.15) is 106 Å². The third-order valence-electron chi connectivity index (χ3n) is 9.66. The van der Waals surface area contributed by atoms with Gasteiger partial charge in [-0.2, -0.15) is 0 Å². The lowest BCUT2D eigenvalue weighted by atomic mass is 9.81. The molecule has 0 N–H and O–H groups in total. The third kappa shape index (κ3) is 5.44. The van der Waals surface area contributed by atoms with Crippen LogP contribution in [0.25, 0.3) is 61.2 Å². The van der Waals surface area contributed by atoms with Crippen molar-refractivity contribution in [2.24, 2.45) is 0 Å². The van der Waals surface area contributed by atoms with E-state index >= 15 is 0 Å². The molecule has 7 aromatic rings. The highest BCUT2D eigenvalue weighted by molar-refractivity contribution is 6.10. The van der Waals surface area contributed by atoms with Crippen LogP contribution in [0.2, 0.25) is 0 Å². The summed E-state index contributed by atoms with van der Waals surface area (Å²) in [5.41, 5.74) is 11.4. The highest BCUT2D eigenvalue weighted by Crippen LogP contribution is 2.43. The van der Waals surface area contributed by atoms with Gasteiger partial charge in [-0.25, -0.2) is 4.98 Å². The fourth-order valence-electron chi connectivity index (χ4n) is 6.82. The second-order valence-corrected chi connectivity index (χ2v) is 15.8. The van der Waals surface area contributed by atoms with Crippen LogP contribution in [0, 0.1) is 0 Å². The number of hydrogen-bond donors (Lipinski definition) is 0. The zero-order valence-electron chi connectivity index (χ0n) is 32.0. The number of furan rings is 1. The van der Waals surface area contributed by atoms with Crippen LogP contribution in [-0.4, -0.2) is 9.55 Å². The van der Waals surface area contributed by atoms with Crippen molar-refractivity contribution in [2.45, 2.75) is 91.9 Å². The molecule has 2 aromatic heterocycles. The van der Waals surface area contributed by atoms with Crippen LogP contribution in [0.3, 0.4) is 0 Å². The van der Waals surface area contributed by atoms with Gasteiger partial charge in [-0.1, -0.05) is 136 Å². The van der Waals surface area contributed by atoms with E-state index in [0.717, 1.165) is 77.9 Å². The standard InChI is InChI=1S/C45H48N2O/c1-27(2)36-25-32(45(8,9)10)26-37(28(3)4)41(36)47-39-17-12-11-16-38(39)46-43(47)35-15-13-14-34-33-23-20-30(24-40(33)48-42(34)35)29-18-21-31(22-19-29)44(5,6)7/h11-28H,1-10H3/i27D,28D. The van der Waals surface area contributed by atoms with E-state index in [1.165, 1.54) is 5.56 Å². The van der Waals surface area contributed by atoms with Gasteiger partial charge >= 0.3 is 0 Å². The molecule has 3 nitrogen and oxygen atoms in total. The molecule has 0 fully saturated rings. The summed E-state index contributed by atoms with van der Waals surface area (Å²) in [6, 6.07) is 34.1. The first-order valence-corrected chi connectivity index (χ1v) is 17.1. The van der Waals surface area contributed by atoms with Gasteiger partial charge in [-0.15, -0.1) is 0 Å². The molecule has 3 heteroatoms. The Morgan fingerprint density at radius 3 is 1.90 bits per heavy atom. The normalized spacial score (nSPS) is 13.8. The third-order valence-corrected chi connectivity index (χ3v) is 9.66. The summed E-state index contributed by atoms with van der Waals surface area (Å²) in [6.45, 7) is 21.0. The van der Waals surface area contributed by atoms with Gasteiger partial charge in [0, 0.05) is 13.5 Å². The maximum Gasteiger partial charge on any atom is 0.149 e. The summed E-state index contributed by atoms with van der Waals surface area (Å²) < 4.78 is 27.8. The van der Waals surface area contributed by atoms with Gasteiger partial charge in [0.25, 0.3) is 0 Å². The van der Waals surface area contributed by atoms with Crippen molar-refractivity contribution in [3.05, 3.63) is 119 Å². The average Bonchev–Trinajstić information content (AvgIpc) is 3.60. The summed E-state index contributed by atoms with van der Waals surface area (Å²) in [4.78, 5) is 5.27. The van der Waals surface area contributed by atoms with E-state index in [2.05, 4.69) is 125 Å². The Balaban J connectivity index is 1.51. The predicted molar refractivity (Wildman–Crippen MR) is 205 cm³/mol. The van der Waals surface area contributed by atoms with Crippen molar-refractivity contribution in [3.63, 3.8) is 0 Å². The molecule has 0 atom stereocenters. The molecule has 0 aliphatic heterocycles. The van der Waals surface area contributed by atoms with E-state index in [9.17, 15) is 2.74 Å². The summed E-state index contributed by atoms with van der Waals surface area (Å²) >= 11 is 0. The number of benzene rings is 5. The van der Waals surface area contributed by atoms with Crippen molar-refractivity contribution < 1.29 is 7.16 Å². The molecule has 0 aliphatic rings. The first-order chi connectivity index (χ1) is 23.3. The van der Waals surface area contributed by atoms with Crippen LogP contribution >= 0.6 is 0 Å². The average molecular weight is 635 g/mol. The molecule has 244 valence electrons. The number of fused-ring (bicyclic) bond motifs is 4. The van der Waals surface area contributed by atoms with Gasteiger partial charge in [0.2, 0.25) is 0 Å². The lowest BCUT2D eigenvalue weighted by molar-refractivity contribution is 0.586. The molecule has 5 aromatic carbocycles. The SMILES string of the molecule is [2H]C(C)(C)c1cc(C(C)(C)C)cc(C([2H])(C)C)c1-n1c(-c2cccc3c2oc2cc(-c4ccc(C(C)(C)C)cc4)ccc23)nc2ccccc21. The van der Waals surface area contributed by atoms with Crippen molar-refractivity contribution in [3.8, 4) is 28.2 Å². The van der Waals surface area contributed by atoms with Gasteiger partial charge in [0.1, 0.15) is 17.0 Å². The number of para-hydroxylation sites is 3. The number of nitrogens with zero attached hydrogens (tertiary/aromatic N) is 2. The van der Waals surface area contributed by atoms with Gasteiger partial charge in [0.15, 0.2) is 0 Å². The zero-order chi connectivity index (χ0) is 36.0. The fraction of sp³-hybridized carbons (Fsp3) is 0.311.